The number of carbonyl (C=O) groups excluding carboxylic acids is 1. The minimum atomic E-state index is -0.198. The molecule has 0 fully saturated rings. The molecule has 0 spiro atoms. The third-order valence-corrected chi connectivity index (χ3v) is 3.16. The molecule has 0 saturated carbocycles. The summed E-state index contributed by atoms with van der Waals surface area (Å²) in [5.41, 5.74) is 2.54. The first-order chi connectivity index (χ1) is 10.1. The molecule has 1 N–H and O–H groups in total. The van der Waals surface area contributed by atoms with Crippen LogP contribution >= 0.6 is 0 Å². The molecule has 0 aromatic heterocycles. The minimum Gasteiger partial charge on any atom is -0.346 e. The Kier molecular flexibility index (Phi) is 4.33. The summed E-state index contributed by atoms with van der Waals surface area (Å²) >= 11 is 0. The average Bonchev–Trinajstić information content (AvgIpc) is 2.55. The highest BCUT2D eigenvalue weighted by Gasteiger charge is 2.11. The van der Waals surface area contributed by atoms with Crippen molar-refractivity contribution in [3.05, 3.63) is 70.8 Å². The van der Waals surface area contributed by atoms with Crippen molar-refractivity contribution in [2.45, 2.75) is 13.0 Å². The van der Waals surface area contributed by atoms with Gasteiger partial charge in [-0.3, -0.25) is 4.79 Å². The molecule has 1 atom stereocenters. The number of hydrogen-bond acceptors (Lipinski definition) is 3. The van der Waals surface area contributed by atoms with Gasteiger partial charge >= 0.3 is 0 Å². The van der Waals surface area contributed by atoms with E-state index in [2.05, 4.69) is 11.4 Å². The summed E-state index contributed by atoms with van der Waals surface area (Å²) < 4.78 is 0. The predicted molar refractivity (Wildman–Crippen MR) is 78.2 cm³/mol. The van der Waals surface area contributed by atoms with Gasteiger partial charge in [-0.15, -0.1) is 0 Å². The summed E-state index contributed by atoms with van der Waals surface area (Å²) in [6, 6.07) is 17.5. The molecule has 2 aromatic rings. The zero-order valence-electron chi connectivity index (χ0n) is 11.5. The van der Waals surface area contributed by atoms with Gasteiger partial charge in [0.05, 0.1) is 29.3 Å². The van der Waals surface area contributed by atoms with Crippen LogP contribution in [0.1, 0.15) is 40.0 Å². The minimum absolute atomic E-state index is 0.166. The number of nitrogens with zero attached hydrogens (tertiary/aromatic N) is 2. The first-order valence-electron chi connectivity index (χ1n) is 6.45. The van der Waals surface area contributed by atoms with Crippen LogP contribution < -0.4 is 5.32 Å². The van der Waals surface area contributed by atoms with Crippen LogP contribution in [0.4, 0.5) is 0 Å². The maximum absolute atomic E-state index is 12.1. The SMILES string of the molecule is CC(NC(=O)c1ccc(C#N)cc1)c1ccc(C#N)cc1. The van der Waals surface area contributed by atoms with E-state index >= 15 is 0 Å². The second-order valence-corrected chi connectivity index (χ2v) is 4.62. The molecule has 0 radical (unpaired) electrons. The number of nitriles is 2. The number of carbonyl (C=O) groups is 1. The predicted octanol–water partition coefficient (Wildman–Crippen LogP) is 2.92. The number of hydrogen-bond donors (Lipinski definition) is 1. The van der Waals surface area contributed by atoms with Crippen LogP contribution in [0.5, 0.6) is 0 Å². The summed E-state index contributed by atoms with van der Waals surface area (Å²) in [6.45, 7) is 1.88. The van der Waals surface area contributed by atoms with E-state index < -0.39 is 0 Å². The zero-order chi connectivity index (χ0) is 15.2. The summed E-state index contributed by atoms with van der Waals surface area (Å²) in [5, 5.41) is 20.4. The van der Waals surface area contributed by atoms with E-state index in [0.717, 1.165) is 5.56 Å². The molecule has 4 nitrogen and oxygen atoms in total. The van der Waals surface area contributed by atoms with Crippen molar-refractivity contribution in [1.29, 1.82) is 10.5 Å². The molecule has 21 heavy (non-hydrogen) atoms. The fourth-order valence-corrected chi connectivity index (χ4v) is 1.91. The van der Waals surface area contributed by atoms with Crippen LogP contribution in [0.15, 0.2) is 48.5 Å². The smallest absolute Gasteiger partial charge is 0.251 e. The van der Waals surface area contributed by atoms with Gasteiger partial charge in [0.1, 0.15) is 0 Å². The van der Waals surface area contributed by atoms with Crippen molar-refractivity contribution in [2.75, 3.05) is 0 Å². The third kappa shape index (κ3) is 3.46. The maximum atomic E-state index is 12.1. The van der Waals surface area contributed by atoms with Gasteiger partial charge in [-0.05, 0) is 48.9 Å². The van der Waals surface area contributed by atoms with Crippen LogP contribution in [0.3, 0.4) is 0 Å². The second-order valence-electron chi connectivity index (χ2n) is 4.62. The summed E-state index contributed by atoms with van der Waals surface area (Å²) in [6.07, 6.45) is 0. The molecule has 0 saturated heterocycles. The Morgan fingerprint density at radius 2 is 1.43 bits per heavy atom. The molecule has 0 aliphatic rings. The Morgan fingerprint density at radius 3 is 1.90 bits per heavy atom. The maximum Gasteiger partial charge on any atom is 0.251 e. The van der Waals surface area contributed by atoms with E-state index in [0.29, 0.717) is 16.7 Å². The topological polar surface area (TPSA) is 76.7 Å². The highest BCUT2D eigenvalue weighted by Crippen LogP contribution is 2.14. The van der Waals surface area contributed by atoms with Gasteiger partial charge in [0.25, 0.3) is 5.91 Å². The van der Waals surface area contributed by atoms with Gasteiger partial charge < -0.3 is 5.32 Å². The molecule has 102 valence electrons. The molecule has 1 unspecified atom stereocenters. The van der Waals surface area contributed by atoms with Gasteiger partial charge in [0.2, 0.25) is 0 Å². The molecule has 0 bridgehead atoms. The summed E-state index contributed by atoms with van der Waals surface area (Å²) in [5.74, 6) is -0.198. The Morgan fingerprint density at radius 1 is 0.952 bits per heavy atom. The van der Waals surface area contributed by atoms with Crippen LogP contribution in [-0.4, -0.2) is 5.91 Å². The lowest BCUT2D eigenvalue weighted by Crippen LogP contribution is -2.26. The molecule has 1 amide bonds. The molecular formula is C17H13N3O. The van der Waals surface area contributed by atoms with Crippen molar-refractivity contribution in [1.82, 2.24) is 5.32 Å². The van der Waals surface area contributed by atoms with E-state index in [1.807, 2.05) is 25.1 Å². The van der Waals surface area contributed by atoms with E-state index in [1.54, 1.807) is 36.4 Å². The second kappa shape index (κ2) is 6.36. The van der Waals surface area contributed by atoms with Crippen LogP contribution in [0.25, 0.3) is 0 Å². The summed E-state index contributed by atoms with van der Waals surface area (Å²) in [7, 11) is 0. The number of benzene rings is 2. The van der Waals surface area contributed by atoms with Crippen LogP contribution in [0, 0.1) is 22.7 Å². The fraction of sp³-hybridized carbons (Fsp3) is 0.118. The monoisotopic (exact) mass is 275 g/mol. The molecule has 0 aliphatic heterocycles. The third-order valence-electron chi connectivity index (χ3n) is 3.16. The quantitative estimate of drug-likeness (QED) is 0.935. The van der Waals surface area contributed by atoms with Gasteiger partial charge in [0.15, 0.2) is 0 Å². The highest BCUT2D eigenvalue weighted by molar-refractivity contribution is 5.94. The molecule has 0 aliphatic carbocycles. The zero-order valence-corrected chi connectivity index (χ0v) is 11.5. The lowest BCUT2D eigenvalue weighted by molar-refractivity contribution is 0.0940. The fourth-order valence-electron chi connectivity index (χ4n) is 1.91. The van der Waals surface area contributed by atoms with E-state index in [1.165, 1.54) is 0 Å². The Balaban J connectivity index is 2.07. The van der Waals surface area contributed by atoms with Crippen molar-refractivity contribution < 1.29 is 4.79 Å². The van der Waals surface area contributed by atoms with Gasteiger partial charge in [-0.25, -0.2) is 0 Å². The summed E-state index contributed by atoms with van der Waals surface area (Å²) in [4.78, 5) is 12.1. The molecule has 4 heteroatoms. The average molecular weight is 275 g/mol. The highest BCUT2D eigenvalue weighted by atomic mass is 16.1. The first kappa shape index (κ1) is 14.3. The van der Waals surface area contributed by atoms with Crippen LogP contribution in [-0.2, 0) is 0 Å². The Bertz CT molecular complexity index is 719. The van der Waals surface area contributed by atoms with Crippen molar-refractivity contribution in [2.24, 2.45) is 0 Å². The van der Waals surface area contributed by atoms with Crippen LogP contribution in [0.2, 0.25) is 0 Å². The Hall–Kier alpha value is -3.11. The molecule has 2 aromatic carbocycles. The van der Waals surface area contributed by atoms with E-state index in [9.17, 15) is 4.79 Å². The molecular weight excluding hydrogens is 262 g/mol. The number of rotatable bonds is 3. The molecule has 0 heterocycles. The molecule has 2 rings (SSSR count). The standard InChI is InChI=1S/C17H13N3O/c1-12(15-6-2-13(10-18)3-7-15)20-17(21)16-8-4-14(11-19)5-9-16/h2-9,12H,1H3,(H,20,21). The lowest BCUT2D eigenvalue weighted by atomic mass is 10.1. The van der Waals surface area contributed by atoms with Gasteiger partial charge in [-0.2, -0.15) is 10.5 Å². The Labute approximate surface area is 123 Å². The van der Waals surface area contributed by atoms with Gasteiger partial charge in [-0.1, -0.05) is 12.1 Å². The van der Waals surface area contributed by atoms with E-state index in [-0.39, 0.29) is 11.9 Å². The van der Waals surface area contributed by atoms with Gasteiger partial charge in [0, 0.05) is 5.56 Å². The number of amides is 1. The number of nitrogens with one attached hydrogen (secondary N) is 1. The van der Waals surface area contributed by atoms with Crippen molar-refractivity contribution in [3.8, 4) is 12.1 Å². The largest absolute Gasteiger partial charge is 0.346 e. The van der Waals surface area contributed by atoms with Crippen molar-refractivity contribution in [3.63, 3.8) is 0 Å². The normalized spacial score (nSPS) is 11.0. The first-order valence-corrected chi connectivity index (χ1v) is 6.45. The lowest BCUT2D eigenvalue weighted by Gasteiger charge is -2.14. The van der Waals surface area contributed by atoms with Crippen molar-refractivity contribution >= 4 is 5.91 Å². The van der Waals surface area contributed by atoms with E-state index in [4.69, 9.17) is 10.5 Å².